The van der Waals surface area contributed by atoms with Crippen molar-refractivity contribution in [3.8, 4) is 5.82 Å². The third-order valence-corrected chi connectivity index (χ3v) is 6.70. The van der Waals surface area contributed by atoms with E-state index in [1.54, 1.807) is 10.9 Å². The smallest absolute Gasteiger partial charge is 0.229 e. The average Bonchev–Trinajstić information content (AvgIpc) is 3.53. The molecule has 34 heavy (non-hydrogen) atoms. The van der Waals surface area contributed by atoms with Crippen molar-refractivity contribution in [2.45, 2.75) is 32.4 Å². The summed E-state index contributed by atoms with van der Waals surface area (Å²) in [5, 5.41) is 23.5. The lowest BCUT2D eigenvalue weighted by molar-refractivity contribution is -0.00297. The number of benzene rings is 1. The van der Waals surface area contributed by atoms with E-state index in [0.717, 1.165) is 53.3 Å². The van der Waals surface area contributed by atoms with E-state index in [4.69, 9.17) is 10.1 Å². The second kappa shape index (κ2) is 8.37. The van der Waals surface area contributed by atoms with Gasteiger partial charge in [0.2, 0.25) is 5.95 Å². The Morgan fingerprint density at radius 1 is 1.12 bits per heavy atom. The van der Waals surface area contributed by atoms with Gasteiger partial charge in [0.25, 0.3) is 0 Å². The number of aryl methyl sites for hydroxylation is 2. The van der Waals surface area contributed by atoms with Crippen LogP contribution in [0.5, 0.6) is 0 Å². The Kier molecular flexibility index (Phi) is 5.19. The fraction of sp³-hybridized carbons (Fsp3) is 0.417. The third-order valence-electron chi connectivity index (χ3n) is 6.70. The minimum atomic E-state index is -0.205. The van der Waals surface area contributed by atoms with Crippen LogP contribution in [-0.4, -0.2) is 71.8 Å². The van der Waals surface area contributed by atoms with Crippen LogP contribution in [0.4, 0.5) is 17.5 Å². The van der Waals surface area contributed by atoms with Crippen molar-refractivity contribution in [2.75, 3.05) is 36.4 Å². The van der Waals surface area contributed by atoms with E-state index < -0.39 is 0 Å². The molecule has 0 spiro atoms. The normalized spacial score (nSPS) is 17.0. The Hall–Kier alpha value is -3.50. The number of anilines is 3. The zero-order valence-corrected chi connectivity index (χ0v) is 19.5. The molecule has 0 atom stereocenters. The predicted molar refractivity (Wildman–Crippen MR) is 131 cm³/mol. The maximum atomic E-state index is 9.54. The average molecular weight is 460 g/mol. The van der Waals surface area contributed by atoms with Crippen LogP contribution in [0, 0.1) is 6.92 Å². The van der Waals surface area contributed by atoms with Crippen LogP contribution < -0.4 is 10.2 Å². The number of aromatic nitrogens is 6. The summed E-state index contributed by atoms with van der Waals surface area (Å²) in [5.41, 5.74) is 4.13. The number of hydrogen-bond donors (Lipinski definition) is 2. The Morgan fingerprint density at radius 2 is 1.94 bits per heavy atom. The van der Waals surface area contributed by atoms with Gasteiger partial charge in [-0.2, -0.15) is 15.2 Å². The van der Waals surface area contributed by atoms with E-state index in [9.17, 15) is 5.11 Å². The minimum absolute atomic E-state index is 0.205. The van der Waals surface area contributed by atoms with Crippen molar-refractivity contribution in [1.29, 1.82) is 0 Å². The molecule has 5 heterocycles. The molecule has 2 N–H and O–H groups in total. The van der Waals surface area contributed by atoms with E-state index in [-0.39, 0.29) is 6.10 Å². The summed E-state index contributed by atoms with van der Waals surface area (Å²) < 4.78 is 3.74. The van der Waals surface area contributed by atoms with E-state index in [1.807, 2.05) is 37.0 Å². The number of hydrogen-bond acceptors (Lipinski definition) is 8. The molecule has 2 aliphatic heterocycles. The predicted octanol–water partition coefficient (Wildman–Crippen LogP) is 2.38. The van der Waals surface area contributed by atoms with Crippen LogP contribution in [0.2, 0.25) is 0 Å². The molecule has 10 heteroatoms. The summed E-state index contributed by atoms with van der Waals surface area (Å²) in [6.45, 7) is 6.32. The van der Waals surface area contributed by atoms with Gasteiger partial charge in [-0.1, -0.05) is 0 Å². The monoisotopic (exact) mass is 459 g/mol. The van der Waals surface area contributed by atoms with Gasteiger partial charge in [-0.05, 0) is 38.0 Å². The quantitative estimate of drug-likeness (QED) is 0.453. The Morgan fingerprint density at radius 3 is 2.74 bits per heavy atom. The first-order valence-electron chi connectivity index (χ1n) is 11.8. The number of β-amino-alcohol motifs (C(OH)–C–C–N with tert-alkyl or cyclic N) is 1. The Balaban J connectivity index is 1.24. The van der Waals surface area contributed by atoms with Gasteiger partial charge in [-0.3, -0.25) is 9.58 Å². The van der Waals surface area contributed by atoms with Gasteiger partial charge in [0.1, 0.15) is 0 Å². The summed E-state index contributed by atoms with van der Waals surface area (Å²) in [4.78, 5) is 13.7. The molecule has 0 radical (unpaired) electrons. The van der Waals surface area contributed by atoms with Crippen LogP contribution in [0.25, 0.3) is 16.7 Å². The number of nitrogens with one attached hydrogen (secondary N) is 1. The van der Waals surface area contributed by atoms with Crippen LogP contribution in [0.15, 0.2) is 36.7 Å². The van der Waals surface area contributed by atoms with Gasteiger partial charge < -0.3 is 15.3 Å². The third kappa shape index (κ3) is 3.88. The maximum absolute atomic E-state index is 9.54. The highest BCUT2D eigenvalue weighted by atomic mass is 16.3. The molecule has 6 rings (SSSR count). The van der Waals surface area contributed by atoms with Crippen molar-refractivity contribution in [2.24, 2.45) is 7.05 Å². The minimum Gasteiger partial charge on any atom is -0.390 e. The second-order valence-corrected chi connectivity index (χ2v) is 9.27. The number of likely N-dealkylation sites (tertiary alicyclic amines) is 1. The van der Waals surface area contributed by atoms with Gasteiger partial charge >= 0.3 is 0 Å². The van der Waals surface area contributed by atoms with Gasteiger partial charge in [0.05, 0.1) is 17.3 Å². The highest BCUT2D eigenvalue weighted by Gasteiger charge is 2.25. The highest BCUT2D eigenvalue weighted by molar-refractivity contribution is 5.93. The van der Waals surface area contributed by atoms with Crippen molar-refractivity contribution >= 4 is 28.4 Å². The first-order valence-corrected chi connectivity index (χ1v) is 11.8. The Bertz CT molecular complexity index is 1330. The molecule has 1 aromatic carbocycles. The van der Waals surface area contributed by atoms with Gasteiger partial charge in [-0.15, -0.1) is 0 Å². The molecule has 0 saturated carbocycles. The summed E-state index contributed by atoms with van der Waals surface area (Å²) in [6.07, 6.45) is 5.97. The summed E-state index contributed by atoms with van der Waals surface area (Å²) >= 11 is 0. The fourth-order valence-electron chi connectivity index (χ4n) is 4.83. The molecule has 0 amide bonds. The number of fused-ring (bicyclic) bond motifs is 1. The molecule has 3 aromatic heterocycles. The fourth-order valence-corrected chi connectivity index (χ4v) is 4.83. The first-order chi connectivity index (χ1) is 16.5. The van der Waals surface area contributed by atoms with Crippen LogP contribution in [-0.2, 0) is 13.6 Å². The SMILES string of the molecule is Cc1nn(-c2ccnc(Nc3ccc4c(c3)c(N3CCCC3)nn4C)n2)cc1CN1CC(O)C1. The molecule has 2 fully saturated rings. The molecule has 4 aromatic rings. The molecule has 0 unspecified atom stereocenters. The topological polar surface area (TPSA) is 100 Å². The van der Waals surface area contributed by atoms with Crippen molar-refractivity contribution < 1.29 is 5.11 Å². The summed E-state index contributed by atoms with van der Waals surface area (Å²) in [6, 6.07) is 8.10. The van der Waals surface area contributed by atoms with Crippen LogP contribution >= 0.6 is 0 Å². The number of rotatable bonds is 6. The van der Waals surface area contributed by atoms with Crippen molar-refractivity contribution in [3.63, 3.8) is 0 Å². The van der Waals surface area contributed by atoms with E-state index in [2.05, 4.69) is 37.3 Å². The zero-order chi connectivity index (χ0) is 23.2. The first kappa shape index (κ1) is 21.1. The van der Waals surface area contributed by atoms with Crippen LogP contribution in [0.1, 0.15) is 24.1 Å². The zero-order valence-electron chi connectivity index (χ0n) is 19.5. The Labute approximate surface area is 197 Å². The lowest BCUT2D eigenvalue weighted by atomic mass is 10.1. The van der Waals surface area contributed by atoms with Crippen molar-refractivity contribution in [3.05, 3.63) is 47.9 Å². The molecular formula is C24H29N9O. The largest absolute Gasteiger partial charge is 0.390 e. The van der Waals surface area contributed by atoms with E-state index in [0.29, 0.717) is 24.9 Å². The molecule has 2 aliphatic rings. The summed E-state index contributed by atoms with van der Waals surface area (Å²) in [5.74, 6) is 2.27. The lowest BCUT2D eigenvalue weighted by Crippen LogP contribution is -2.49. The van der Waals surface area contributed by atoms with Crippen molar-refractivity contribution in [1.82, 2.24) is 34.4 Å². The van der Waals surface area contributed by atoms with Gasteiger partial charge in [-0.25, -0.2) is 9.67 Å². The lowest BCUT2D eigenvalue weighted by Gasteiger charge is -2.35. The molecule has 0 aliphatic carbocycles. The number of aliphatic hydroxyl groups excluding tert-OH is 1. The molecule has 0 bridgehead atoms. The molecule has 2 saturated heterocycles. The molecule has 10 nitrogen and oxygen atoms in total. The van der Waals surface area contributed by atoms with Crippen LogP contribution in [0.3, 0.4) is 0 Å². The van der Waals surface area contributed by atoms with E-state index >= 15 is 0 Å². The number of aliphatic hydroxyl groups is 1. The summed E-state index contributed by atoms with van der Waals surface area (Å²) in [7, 11) is 1.99. The highest BCUT2D eigenvalue weighted by Crippen LogP contribution is 2.31. The maximum Gasteiger partial charge on any atom is 0.229 e. The van der Waals surface area contributed by atoms with Gasteiger partial charge in [0, 0.05) is 74.9 Å². The molecular weight excluding hydrogens is 430 g/mol. The second-order valence-electron chi connectivity index (χ2n) is 9.27. The number of nitrogens with zero attached hydrogens (tertiary/aromatic N) is 8. The molecule has 176 valence electrons. The standard InChI is InChI=1S/C24H29N9O/c1-16-17(12-31-14-19(34)15-31)13-33(28-16)22-7-8-25-24(27-22)26-18-5-6-21-20(11-18)23(29-30(21)2)32-9-3-4-10-32/h5-8,11,13,19,34H,3-4,9-10,12,14-15H2,1-2H3,(H,25,26,27). The van der Waals surface area contributed by atoms with Gasteiger partial charge in [0.15, 0.2) is 11.6 Å². The van der Waals surface area contributed by atoms with E-state index in [1.165, 1.54) is 12.8 Å².